The molecule has 0 spiro atoms. The first-order chi connectivity index (χ1) is 12.3. The van der Waals surface area contributed by atoms with E-state index in [1.165, 1.54) is 0 Å². The number of fused-ring (bicyclic) bond motifs is 2. The van der Waals surface area contributed by atoms with Crippen LogP contribution in [0.1, 0.15) is 5.69 Å². The highest BCUT2D eigenvalue weighted by molar-refractivity contribution is 5.76. The van der Waals surface area contributed by atoms with Crippen LogP contribution >= 0.6 is 0 Å². The fraction of sp³-hybridized carbons (Fsp3) is 0.350. The Hall–Kier alpha value is -2.69. The van der Waals surface area contributed by atoms with E-state index in [0.29, 0.717) is 11.8 Å². The summed E-state index contributed by atoms with van der Waals surface area (Å²) in [6, 6.07) is 14.3. The number of hydrogen-bond donors (Lipinski definition) is 0. The third kappa shape index (κ3) is 2.51. The second-order valence-corrected chi connectivity index (χ2v) is 7.14. The van der Waals surface area contributed by atoms with Crippen LogP contribution in [-0.2, 0) is 0 Å². The quantitative estimate of drug-likeness (QED) is 0.722. The van der Waals surface area contributed by atoms with Gasteiger partial charge in [-0.25, -0.2) is 15.0 Å². The molecular formula is C20H21N5. The average Bonchev–Trinajstić information content (AvgIpc) is 3.21. The van der Waals surface area contributed by atoms with Crippen molar-refractivity contribution in [3.63, 3.8) is 0 Å². The van der Waals surface area contributed by atoms with Crippen molar-refractivity contribution in [2.75, 3.05) is 36.0 Å². The summed E-state index contributed by atoms with van der Waals surface area (Å²) < 4.78 is 0. The van der Waals surface area contributed by atoms with E-state index in [0.717, 1.165) is 54.5 Å². The maximum atomic E-state index is 4.90. The van der Waals surface area contributed by atoms with Gasteiger partial charge in [-0.15, -0.1) is 0 Å². The third-order valence-corrected chi connectivity index (χ3v) is 5.48. The molecule has 1 aromatic carbocycles. The summed E-state index contributed by atoms with van der Waals surface area (Å²) >= 11 is 0. The second kappa shape index (κ2) is 5.69. The summed E-state index contributed by atoms with van der Waals surface area (Å²) in [4.78, 5) is 19.0. The third-order valence-electron chi connectivity index (χ3n) is 5.48. The van der Waals surface area contributed by atoms with Crippen molar-refractivity contribution in [3.8, 4) is 0 Å². The number of hydrogen-bond acceptors (Lipinski definition) is 5. The standard InChI is InChI=1S/C20H21N5/c1-14-20(23-18-7-3-2-6-17(18)22-14)25-12-15-10-24(11-16(15)13-25)19-8-4-5-9-21-19/h2-9,15-16H,10-13H2,1H3. The summed E-state index contributed by atoms with van der Waals surface area (Å²) in [6.45, 7) is 6.35. The lowest BCUT2D eigenvalue weighted by atomic mass is 10.0. The monoisotopic (exact) mass is 331 g/mol. The van der Waals surface area contributed by atoms with E-state index in [4.69, 9.17) is 9.97 Å². The Morgan fingerprint density at radius 1 is 0.800 bits per heavy atom. The van der Waals surface area contributed by atoms with E-state index < -0.39 is 0 Å². The van der Waals surface area contributed by atoms with E-state index in [-0.39, 0.29) is 0 Å². The first-order valence-electron chi connectivity index (χ1n) is 8.92. The van der Waals surface area contributed by atoms with Gasteiger partial charge in [-0.2, -0.15) is 0 Å². The summed E-state index contributed by atoms with van der Waals surface area (Å²) in [5.41, 5.74) is 2.99. The molecule has 2 aliphatic heterocycles. The Morgan fingerprint density at radius 3 is 2.12 bits per heavy atom. The van der Waals surface area contributed by atoms with E-state index >= 15 is 0 Å². The second-order valence-electron chi connectivity index (χ2n) is 7.14. The maximum absolute atomic E-state index is 4.90. The van der Waals surface area contributed by atoms with E-state index in [9.17, 15) is 0 Å². The molecule has 5 nitrogen and oxygen atoms in total. The van der Waals surface area contributed by atoms with Crippen molar-refractivity contribution in [1.29, 1.82) is 0 Å². The molecule has 0 radical (unpaired) electrons. The molecule has 2 unspecified atom stereocenters. The molecule has 0 N–H and O–H groups in total. The first-order valence-corrected chi connectivity index (χ1v) is 8.92. The molecule has 2 aromatic heterocycles. The number of pyridine rings is 1. The normalized spacial score (nSPS) is 22.6. The van der Waals surface area contributed by atoms with E-state index in [1.54, 1.807) is 0 Å². The highest BCUT2D eigenvalue weighted by Gasteiger charge is 2.41. The van der Waals surface area contributed by atoms with Gasteiger partial charge < -0.3 is 9.80 Å². The van der Waals surface area contributed by atoms with Gasteiger partial charge in [-0.3, -0.25) is 0 Å². The lowest BCUT2D eigenvalue weighted by Crippen LogP contribution is -2.30. The van der Waals surface area contributed by atoms with Gasteiger partial charge in [0.2, 0.25) is 0 Å². The molecule has 2 saturated heterocycles. The molecule has 4 heterocycles. The first kappa shape index (κ1) is 14.6. The maximum Gasteiger partial charge on any atom is 0.150 e. The zero-order valence-electron chi connectivity index (χ0n) is 14.3. The van der Waals surface area contributed by atoms with Crippen molar-refractivity contribution >= 4 is 22.7 Å². The molecule has 0 saturated carbocycles. The van der Waals surface area contributed by atoms with Crippen LogP contribution in [0.25, 0.3) is 11.0 Å². The predicted octanol–water partition coefficient (Wildman–Crippen LogP) is 2.91. The lowest BCUT2D eigenvalue weighted by molar-refractivity contribution is 0.533. The summed E-state index contributed by atoms with van der Waals surface area (Å²) in [5, 5.41) is 0. The van der Waals surface area contributed by atoms with Crippen LogP contribution in [0.5, 0.6) is 0 Å². The number of aromatic nitrogens is 3. The van der Waals surface area contributed by atoms with Crippen molar-refractivity contribution in [3.05, 3.63) is 54.4 Å². The van der Waals surface area contributed by atoms with Crippen LogP contribution in [0.15, 0.2) is 48.7 Å². The Balaban J connectivity index is 1.37. The van der Waals surface area contributed by atoms with Crippen LogP contribution in [0.2, 0.25) is 0 Å². The Bertz CT molecular complexity index is 896. The van der Waals surface area contributed by atoms with Crippen molar-refractivity contribution < 1.29 is 0 Å². The zero-order valence-corrected chi connectivity index (χ0v) is 14.3. The van der Waals surface area contributed by atoms with E-state index in [2.05, 4.69) is 33.8 Å². The smallest absolute Gasteiger partial charge is 0.150 e. The van der Waals surface area contributed by atoms with Gasteiger partial charge in [0.05, 0.1) is 16.7 Å². The molecule has 0 amide bonds. The minimum atomic E-state index is 0.676. The Labute approximate surface area is 147 Å². The van der Waals surface area contributed by atoms with Gasteiger partial charge in [0.25, 0.3) is 0 Å². The molecule has 2 fully saturated rings. The summed E-state index contributed by atoms with van der Waals surface area (Å²) in [6.07, 6.45) is 1.88. The van der Waals surface area contributed by atoms with Crippen LogP contribution in [0.3, 0.4) is 0 Å². The molecule has 2 atom stereocenters. The van der Waals surface area contributed by atoms with Gasteiger partial charge >= 0.3 is 0 Å². The predicted molar refractivity (Wildman–Crippen MR) is 99.9 cm³/mol. The van der Waals surface area contributed by atoms with Crippen molar-refractivity contribution in [2.45, 2.75) is 6.92 Å². The van der Waals surface area contributed by atoms with Crippen LogP contribution in [-0.4, -0.2) is 41.1 Å². The molecule has 3 aromatic rings. The summed E-state index contributed by atoms with van der Waals surface area (Å²) in [7, 11) is 0. The number of anilines is 2. The molecule has 0 aliphatic carbocycles. The Kier molecular flexibility index (Phi) is 3.33. The highest BCUT2D eigenvalue weighted by Crippen LogP contribution is 2.36. The number of para-hydroxylation sites is 2. The van der Waals surface area contributed by atoms with Gasteiger partial charge in [-0.1, -0.05) is 18.2 Å². The van der Waals surface area contributed by atoms with Crippen LogP contribution < -0.4 is 9.80 Å². The van der Waals surface area contributed by atoms with Crippen molar-refractivity contribution in [1.82, 2.24) is 15.0 Å². The van der Waals surface area contributed by atoms with Gasteiger partial charge in [-0.05, 0) is 31.2 Å². The molecule has 5 heteroatoms. The number of aryl methyl sites for hydroxylation is 1. The molecular weight excluding hydrogens is 310 g/mol. The molecule has 2 aliphatic rings. The SMILES string of the molecule is Cc1nc2ccccc2nc1N1CC2CN(c3ccccn3)CC2C1. The number of rotatable bonds is 2. The van der Waals surface area contributed by atoms with Gasteiger partial charge in [0, 0.05) is 44.2 Å². The lowest BCUT2D eigenvalue weighted by Gasteiger charge is -2.24. The minimum Gasteiger partial charge on any atom is -0.356 e. The summed E-state index contributed by atoms with van der Waals surface area (Å²) in [5.74, 6) is 3.51. The Morgan fingerprint density at radius 2 is 1.44 bits per heavy atom. The van der Waals surface area contributed by atoms with Gasteiger partial charge in [0.1, 0.15) is 5.82 Å². The number of benzene rings is 1. The fourth-order valence-corrected chi connectivity index (χ4v) is 4.27. The molecule has 5 rings (SSSR count). The topological polar surface area (TPSA) is 45.2 Å². The van der Waals surface area contributed by atoms with Crippen LogP contribution in [0, 0.1) is 18.8 Å². The molecule has 126 valence electrons. The van der Waals surface area contributed by atoms with E-state index in [1.807, 2.05) is 36.5 Å². The number of nitrogens with zero attached hydrogens (tertiary/aromatic N) is 5. The highest BCUT2D eigenvalue weighted by atomic mass is 15.3. The fourth-order valence-electron chi connectivity index (χ4n) is 4.27. The van der Waals surface area contributed by atoms with Crippen LogP contribution in [0.4, 0.5) is 11.6 Å². The largest absolute Gasteiger partial charge is 0.356 e. The molecule has 25 heavy (non-hydrogen) atoms. The van der Waals surface area contributed by atoms with Crippen molar-refractivity contribution in [2.24, 2.45) is 11.8 Å². The minimum absolute atomic E-state index is 0.676. The zero-order chi connectivity index (χ0) is 16.8. The van der Waals surface area contributed by atoms with Gasteiger partial charge in [0.15, 0.2) is 5.82 Å². The molecule has 0 bridgehead atoms. The average molecular weight is 331 g/mol.